The van der Waals surface area contributed by atoms with Gasteiger partial charge in [-0.1, -0.05) is 19.3 Å². The first-order valence-electron chi connectivity index (χ1n) is 5.26. The molecule has 0 aliphatic heterocycles. The van der Waals surface area contributed by atoms with Gasteiger partial charge in [0.2, 0.25) is 0 Å². The SMILES string of the molecule is C[C](N=CC(=O)O)C(=O)C1CCCCC1. The van der Waals surface area contributed by atoms with E-state index in [1.165, 1.54) is 6.42 Å². The summed E-state index contributed by atoms with van der Waals surface area (Å²) >= 11 is 0. The summed E-state index contributed by atoms with van der Waals surface area (Å²) in [6, 6.07) is 0.310. The van der Waals surface area contributed by atoms with E-state index in [4.69, 9.17) is 5.11 Å². The third-order valence-corrected chi connectivity index (χ3v) is 2.70. The summed E-state index contributed by atoms with van der Waals surface area (Å²) in [5.74, 6) is -1.05. The minimum absolute atomic E-state index is 0.00667. The van der Waals surface area contributed by atoms with E-state index >= 15 is 0 Å². The van der Waals surface area contributed by atoms with Crippen LogP contribution >= 0.6 is 0 Å². The van der Waals surface area contributed by atoms with Crippen LogP contribution < -0.4 is 0 Å². The van der Waals surface area contributed by atoms with Crippen LogP contribution in [0.15, 0.2) is 4.99 Å². The molecule has 4 nitrogen and oxygen atoms in total. The van der Waals surface area contributed by atoms with Gasteiger partial charge in [0.25, 0.3) is 0 Å². The fourth-order valence-corrected chi connectivity index (χ4v) is 1.88. The molecule has 0 aromatic rings. The van der Waals surface area contributed by atoms with Gasteiger partial charge < -0.3 is 5.11 Å². The van der Waals surface area contributed by atoms with Gasteiger partial charge in [-0.05, 0) is 19.8 Å². The molecule has 83 valence electrons. The molecule has 1 N–H and O–H groups in total. The molecule has 0 unspecified atom stereocenters. The van der Waals surface area contributed by atoms with E-state index in [0.29, 0.717) is 6.04 Å². The van der Waals surface area contributed by atoms with Crippen LogP contribution in [0, 0.1) is 12.0 Å². The molecule has 1 fully saturated rings. The second-order valence-corrected chi connectivity index (χ2v) is 3.88. The summed E-state index contributed by atoms with van der Waals surface area (Å²) in [4.78, 5) is 25.6. The minimum Gasteiger partial charge on any atom is -0.477 e. The molecular weight excluding hydrogens is 194 g/mol. The lowest BCUT2D eigenvalue weighted by Gasteiger charge is -2.21. The molecule has 1 aliphatic rings. The molecule has 0 aromatic carbocycles. The number of rotatable bonds is 4. The monoisotopic (exact) mass is 210 g/mol. The third-order valence-electron chi connectivity index (χ3n) is 2.70. The summed E-state index contributed by atoms with van der Waals surface area (Å²) in [7, 11) is 0. The van der Waals surface area contributed by atoms with Crippen molar-refractivity contribution in [2.24, 2.45) is 10.9 Å². The van der Waals surface area contributed by atoms with E-state index in [0.717, 1.165) is 31.9 Å². The molecule has 0 saturated heterocycles. The maximum Gasteiger partial charge on any atom is 0.346 e. The van der Waals surface area contributed by atoms with Gasteiger partial charge in [-0.3, -0.25) is 9.79 Å². The predicted molar refractivity (Wildman–Crippen MR) is 56.6 cm³/mol. The highest BCUT2D eigenvalue weighted by molar-refractivity contribution is 6.22. The van der Waals surface area contributed by atoms with Crippen LogP contribution in [0.4, 0.5) is 0 Å². The molecule has 0 bridgehead atoms. The number of aliphatic carboxylic acids is 1. The van der Waals surface area contributed by atoms with Gasteiger partial charge in [-0.25, -0.2) is 4.79 Å². The summed E-state index contributed by atoms with van der Waals surface area (Å²) in [6.07, 6.45) is 5.98. The van der Waals surface area contributed by atoms with Crippen molar-refractivity contribution in [3.05, 3.63) is 6.04 Å². The fourth-order valence-electron chi connectivity index (χ4n) is 1.88. The summed E-state index contributed by atoms with van der Waals surface area (Å²) in [6.45, 7) is 1.58. The average Bonchev–Trinajstić information content (AvgIpc) is 2.26. The van der Waals surface area contributed by atoms with E-state index in [1.807, 2.05) is 0 Å². The molecule has 1 rings (SSSR count). The Kier molecular flexibility index (Phi) is 4.46. The van der Waals surface area contributed by atoms with Gasteiger partial charge in [-0.15, -0.1) is 0 Å². The molecule has 0 heterocycles. The van der Waals surface area contributed by atoms with Crippen molar-refractivity contribution in [1.82, 2.24) is 0 Å². The van der Waals surface area contributed by atoms with Crippen LogP contribution in [0.25, 0.3) is 0 Å². The van der Waals surface area contributed by atoms with Gasteiger partial charge in [0, 0.05) is 5.92 Å². The number of carboxylic acids is 1. The highest BCUT2D eigenvalue weighted by Crippen LogP contribution is 2.27. The lowest BCUT2D eigenvalue weighted by atomic mass is 9.84. The quantitative estimate of drug-likeness (QED) is 0.720. The second kappa shape index (κ2) is 5.63. The standard InChI is InChI=1S/C11H16NO3/c1-8(12-7-10(13)14)11(15)9-5-3-2-4-6-9/h7,9H,2-6H2,1H3,(H,13,14). The highest BCUT2D eigenvalue weighted by atomic mass is 16.4. The molecule has 0 aromatic heterocycles. The molecule has 0 amide bonds. The topological polar surface area (TPSA) is 66.7 Å². The summed E-state index contributed by atoms with van der Waals surface area (Å²) < 4.78 is 0. The Bertz CT molecular complexity index is 267. The van der Waals surface area contributed by atoms with E-state index in [2.05, 4.69) is 4.99 Å². The van der Waals surface area contributed by atoms with Gasteiger partial charge >= 0.3 is 5.97 Å². The zero-order chi connectivity index (χ0) is 11.3. The van der Waals surface area contributed by atoms with Crippen LogP contribution in [-0.2, 0) is 9.59 Å². The first-order valence-corrected chi connectivity index (χ1v) is 5.26. The largest absolute Gasteiger partial charge is 0.477 e. The van der Waals surface area contributed by atoms with Crippen LogP contribution in [-0.4, -0.2) is 23.1 Å². The minimum atomic E-state index is -1.12. The number of carboxylic acid groups (broad SMARTS) is 1. The Morgan fingerprint density at radius 3 is 2.40 bits per heavy atom. The van der Waals surface area contributed by atoms with Gasteiger partial charge in [0.05, 0.1) is 0 Å². The van der Waals surface area contributed by atoms with Crippen molar-refractivity contribution in [3.63, 3.8) is 0 Å². The molecular formula is C11H16NO3. The van der Waals surface area contributed by atoms with E-state index in [-0.39, 0.29) is 11.7 Å². The third kappa shape index (κ3) is 3.81. The molecule has 0 spiro atoms. The number of carbonyl (C=O) groups excluding carboxylic acids is 1. The van der Waals surface area contributed by atoms with Crippen molar-refractivity contribution >= 4 is 18.0 Å². The average molecular weight is 210 g/mol. The van der Waals surface area contributed by atoms with Crippen molar-refractivity contribution < 1.29 is 14.7 Å². The number of nitrogens with zero attached hydrogens (tertiary/aromatic N) is 1. The zero-order valence-electron chi connectivity index (χ0n) is 8.90. The molecule has 15 heavy (non-hydrogen) atoms. The Hall–Kier alpha value is -1.19. The lowest BCUT2D eigenvalue weighted by Crippen LogP contribution is -2.22. The van der Waals surface area contributed by atoms with Crippen LogP contribution in [0.5, 0.6) is 0 Å². The smallest absolute Gasteiger partial charge is 0.346 e. The van der Waals surface area contributed by atoms with Crippen LogP contribution in [0.3, 0.4) is 0 Å². The van der Waals surface area contributed by atoms with Crippen LogP contribution in [0.1, 0.15) is 39.0 Å². The van der Waals surface area contributed by atoms with Crippen molar-refractivity contribution in [3.8, 4) is 0 Å². The molecule has 0 atom stereocenters. The Labute approximate surface area is 89.4 Å². The Balaban J connectivity index is 2.47. The zero-order valence-corrected chi connectivity index (χ0v) is 8.90. The first kappa shape index (κ1) is 11.9. The highest BCUT2D eigenvalue weighted by Gasteiger charge is 2.25. The Morgan fingerprint density at radius 1 is 1.27 bits per heavy atom. The number of aliphatic imine (C=N–C) groups is 1. The summed E-state index contributed by atoms with van der Waals surface area (Å²) in [5, 5.41) is 8.38. The lowest BCUT2D eigenvalue weighted by molar-refractivity contribution is -0.128. The van der Waals surface area contributed by atoms with E-state index in [1.54, 1.807) is 6.92 Å². The first-order chi connectivity index (χ1) is 7.11. The fraction of sp³-hybridized carbons (Fsp3) is 0.636. The van der Waals surface area contributed by atoms with Crippen molar-refractivity contribution in [2.45, 2.75) is 39.0 Å². The maximum atomic E-state index is 11.8. The molecule has 1 radical (unpaired) electrons. The van der Waals surface area contributed by atoms with Gasteiger partial charge in [-0.2, -0.15) is 0 Å². The van der Waals surface area contributed by atoms with Crippen LogP contribution in [0.2, 0.25) is 0 Å². The Morgan fingerprint density at radius 2 is 1.87 bits per heavy atom. The predicted octanol–water partition coefficient (Wildman–Crippen LogP) is 1.84. The maximum absolute atomic E-state index is 11.8. The summed E-state index contributed by atoms with van der Waals surface area (Å²) in [5.41, 5.74) is 0. The number of hydrogen-bond donors (Lipinski definition) is 1. The number of hydrogen-bond acceptors (Lipinski definition) is 3. The van der Waals surface area contributed by atoms with Gasteiger partial charge in [0.15, 0.2) is 5.78 Å². The number of carbonyl (C=O) groups is 2. The normalized spacial score (nSPS) is 18.5. The van der Waals surface area contributed by atoms with E-state index in [9.17, 15) is 9.59 Å². The van der Waals surface area contributed by atoms with Gasteiger partial charge in [0.1, 0.15) is 12.3 Å². The second-order valence-electron chi connectivity index (χ2n) is 3.88. The number of Topliss-reactive ketones (excluding diaryl/α,β-unsaturated/α-hetero) is 1. The molecule has 1 saturated carbocycles. The molecule has 4 heteroatoms. The van der Waals surface area contributed by atoms with Crippen molar-refractivity contribution in [1.29, 1.82) is 0 Å². The van der Waals surface area contributed by atoms with E-state index < -0.39 is 5.97 Å². The number of ketones is 1. The van der Waals surface area contributed by atoms with Crippen molar-refractivity contribution in [2.75, 3.05) is 0 Å². The molecule has 1 aliphatic carbocycles.